The summed E-state index contributed by atoms with van der Waals surface area (Å²) >= 11 is 1.70. The highest BCUT2D eigenvalue weighted by Crippen LogP contribution is 2.24. The molecule has 1 unspecified atom stereocenters. The molecule has 0 bridgehead atoms. The smallest absolute Gasteiger partial charge is 0.317 e. The highest BCUT2D eigenvalue weighted by molar-refractivity contribution is 7.99. The van der Waals surface area contributed by atoms with Gasteiger partial charge in [-0.3, -0.25) is 4.79 Å². The number of thioether (sulfide) groups is 1. The largest absolute Gasteiger partial charge is 0.481 e. The lowest BCUT2D eigenvalue weighted by Crippen LogP contribution is -2.56. The average molecular weight is 288 g/mol. The SMILES string of the molecule is COC1CC(NC(=O)N2CCSCC2CC(=O)O)C1. The fraction of sp³-hybridized carbons (Fsp3) is 0.833. The molecular weight excluding hydrogens is 268 g/mol. The minimum atomic E-state index is -0.853. The summed E-state index contributed by atoms with van der Waals surface area (Å²) < 4.78 is 5.17. The van der Waals surface area contributed by atoms with E-state index < -0.39 is 5.97 Å². The normalized spacial score (nSPS) is 30.6. The molecule has 1 saturated carbocycles. The Morgan fingerprint density at radius 3 is 2.84 bits per heavy atom. The van der Waals surface area contributed by atoms with Crippen molar-refractivity contribution < 1.29 is 19.4 Å². The molecule has 2 fully saturated rings. The fourth-order valence-electron chi connectivity index (χ4n) is 2.43. The molecule has 0 spiro atoms. The van der Waals surface area contributed by atoms with Crippen LogP contribution in [0.15, 0.2) is 0 Å². The van der Waals surface area contributed by atoms with Gasteiger partial charge in [0, 0.05) is 31.2 Å². The van der Waals surface area contributed by atoms with Gasteiger partial charge in [-0.2, -0.15) is 11.8 Å². The van der Waals surface area contributed by atoms with Gasteiger partial charge in [-0.05, 0) is 12.8 Å². The lowest BCUT2D eigenvalue weighted by molar-refractivity contribution is -0.138. The van der Waals surface area contributed by atoms with E-state index in [2.05, 4.69) is 5.32 Å². The molecule has 1 aliphatic carbocycles. The summed E-state index contributed by atoms with van der Waals surface area (Å²) in [4.78, 5) is 24.7. The predicted octanol–water partition coefficient (Wildman–Crippen LogP) is 0.765. The Hall–Kier alpha value is -0.950. The van der Waals surface area contributed by atoms with E-state index in [1.165, 1.54) is 0 Å². The molecule has 1 saturated heterocycles. The molecule has 108 valence electrons. The van der Waals surface area contributed by atoms with Gasteiger partial charge < -0.3 is 20.1 Å². The number of aliphatic carboxylic acids is 1. The number of carboxylic acids is 1. The number of nitrogens with one attached hydrogen (secondary N) is 1. The second-order valence-electron chi connectivity index (χ2n) is 5.00. The number of carbonyl (C=O) groups excluding carboxylic acids is 1. The molecule has 19 heavy (non-hydrogen) atoms. The van der Waals surface area contributed by atoms with Crippen molar-refractivity contribution >= 4 is 23.8 Å². The number of amides is 2. The monoisotopic (exact) mass is 288 g/mol. The summed E-state index contributed by atoms with van der Waals surface area (Å²) in [5.74, 6) is 0.716. The third-order valence-electron chi connectivity index (χ3n) is 3.65. The van der Waals surface area contributed by atoms with E-state index in [0.717, 1.165) is 18.6 Å². The minimum Gasteiger partial charge on any atom is -0.481 e. The van der Waals surface area contributed by atoms with Gasteiger partial charge in [0.1, 0.15) is 0 Å². The maximum Gasteiger partial charge on any atom is 0.317 e. The number of hydrogen-bond donors (Lipinski definition) is 2. The maximum atomic E-state index is 12.2. The van der Waals surface area contributed by atoms with E-state index in [1.807, 2.05) is 0 Å². The average Bonchev–Trinajstić information content (AvgIpc) is 2.32. The molecule has 1 aliphatic heterocycles. The topological polar surface area (TPSA) is 78.9 Å². The van der Waals surface area contributed by atoms with Crippen molar-refractivity contribution in [3.05, 3.63) is 0 Å². The van der Waals surface area contributed by atoms with Gasteiger partial charge in [0.15, 0.2) is 0 Å². The third kappa shape index (κ3) is 3.76. The number of ether oxygens (including phenoxy) is 1. The van der Waals surface area contributed by atoms with Gasteiger partial charge >= 0.3 is 12.0 Å². The second kappa shape index (κ2) is 6.47. The first-order valence-electron chi connectivity index (χ1n) is 6.49. The van der Waals surface area contributed by atoms with E-state index in [1.54, 1.807) is 23.8 Å². The first-order chi connectivity index (χ1) is 9.10. The molecule has 2 N–H and O–H groups in total. The Bertz CT molecular complexity index is 347. The summed E-state index contributed by atoms with van der Waals surface area (Å²) in [6.45, 7) is 0.620. The molecule has 2 amide bonds. The first kappa shape index (κ1) is 14.5. The van der Waals surface area contributed by atoms with Crippen LogP contribution in [-0.2, 0) is 9.53 Å². The molecule has 7 heteroatoms. The Morgan fingerprint density at radius 1 is 1.47 bits per heavy atom. The van der Waals surface area contributed by atoms with Crippen molar-refractivity contribution in [3.8, 4) is 0 Å². The van der Waals surface area contributed by atoms with Crippen LogP contribution in [0, 0.1) is 0 Å². The van der Waals surface area contributed by atoms with Crippen LogP contribution in [0.1, 0.15) is 19.3 Å². The van der Waals surface area contributed by atoms with Crippen LogP contribution in [0.5, 0.6) is 0 Å². The molecule has 6 nitrogen and oxygen atoms in total. The molecule has 2 aliphatic rings. The van der Waals surface area contributed by atoms with Gasteiger partial charge in [-0.25, -0.2) is 4.79 Å². The lowest BCUT2D eigenvalue weighted by atomic mass is 9.89. The van der Waals surface area contributed by atoms with Crippen LogP contribution >= 0.6 is 11.8 Å². The first-order valence-corrected chi connectivity index (χ1v) is 7.65. The zero-order valence-corrected chi connectivity index (χ0v) is 11.8. The Morgan fingerprint density at radius 2 is 2.21 bits per heavy atom. The van der Waals surface area contributed by atoms with E-state index >= 15 is 0 Å². The summed E-state index contributed by atoms with van der Waals surface area (Å²) in [6, 6.07) is -0.168. The zero-order chi connectivity index (χ0) is 13.8. The molecule has 2 rings (SSSR count). The van der Waals surface area contributed by atoms with E-state index in [-0.39, 0.29) is 30.6 Å². The van der Waals surface area contributed by atoms with Crippen molar-refractivity contribution in [1.82, 2.24) is 10.2 Å². The molecule has 0 radical (unpaired) electrons. The molecule has 1 atom stereocenters. The maximum absolute atomic E-state index is 12.2. The zero-order valence-electron chi connectivity index (χ0n) is 11.0. The quantitative estimate of drug-likeness (QED) is 0.798. The highest BCUT2D eigenvalue weighted by atomic mass is 32.2. The molecular formula is C12H20N2O4S. The van der Waals surface area contributed by atoms with Crippen LogP contribution in [0.2, 0.25) is 0 Å². The van der Waals surface area contributed by atoms with Crippen molar-refractivity contribution in [1.29, 1.82) is 0 Å². The number of nitrogens with zero attached hydrogens (tertiary/aromatic N) is 1. The van der Waals surface area contributed by atoms with Crippen LogP contribution in [0.4, 0.5) is 4.79 Å². The number of carboxylic acid groups (broad SMARTS) is 1. The number of rotatable bonds is 4. The van der Waals surface area contributed by atoms with Crippen molar-refractivity contribution in [2.75, 3.05) is 25.2 Å². The van der Waals surface area contributed by atoms with Gasteiger partial charge in [-0.15, -0.1) is 0 Å². The summed E-state index contributed by atoms with van der Waals surface area (Å²) in [7, 11) is 1.67. The number of urea groups is 1. The van der Waals surface area contributed by atoms with Crippen LogP contribution in [0.3, 0.4) is 0 Å². The predicted molar refractivity (Wildman–Crippen MR) is 72.4 cm³/mol. The van der Waals surface area contributed by atoms with Gasteiger partial charge in [0.25, 0.3) is 0 Å². The summed E-state index contributed by atoms with van der Waals surface area (Å²) in [5, 5.41) is 11.8. The lowest BCUT2D eigenvalue weighted by Gasteiger charge is -2.39. The van der Waals surface area contributed by atoms with Crippen molar-refractivity contribution in [2.45, 2.75) is 37.5 Å². The number of hydrogen-bond acceptors (Lipinski definition) is 4. The van der Waals surface area contributed by atoms with Gasteiger partial charge in [-0.1, -0.05) is 0 Å². The van der Waals surface area contributed by atoms with Crippen LogP contribution < -0.4 is 5.32 Å². The molecule has 0 aromatic heterocycles. The van der Waals surface area contributed by atoms with Gasteiger partial charge in [0.05, 0.1) is 18.6 Å². The highest BCUT2D eigenvalue weighted by Gasteiger charge is 2.34. The van der Waals surface area contributed by atoms with E-state index in [9.17, 15) is 9.59 Å². The molecule has 0 aromatic rings. The second-order valence-corrected chi connectivity index (χ2v) is 6.15. The van der Waals surface area contributed by atoms with Crippen molar-refractivity contribution in [3.63, 3.8) is 0 Å². The minimum absolute atomic E-state index is 0.0196. The fourth-order valence-corrected chi connectivity index (χ4v) is 3.49. The van der Waals surface area contributed by atoms with Crippen LogP contribution in [0.25, 0.3) is 0 Å². The number of methoxy groups -OCH3 is 1. The third-order valence-corrected chi connectivity index (χ3v) is 4.75. The standard InChI is InChI=1S/C12H20N2O4S/c1-18-10-4-8(5-10)13-12(17)14-2-3-19-7-9(14)6-11(15)16/h8-10H,2-7H2,1H3,(H,13,17)(H,15,16). The summed E-state index contributed by atoms with van der Waals surface area (Å²) in [6.07, 6.45) is 1.95. The Labute approximate surface area is 116 Å². The Kier molecular flexibility index (Phi) is 4.93. The Balaban J connectivity index is 1.83. The molecule has 0 aromatic carbocycles. The van der Waals surface area contributed by atoms with Crippen molar-refractivity contribution in [2.24, 2.45) is 0 Å². The summed E-state index contributed by atoms with van der Waals surface area (Å²) in [5.41, 5.74) is 0. The molecule has 1 heterocycles. The van der Waals surface area contributed by atoms with E-state index in [4.69, 9.17) is 9.84 Å². The van der Waals surface area contributed by atoms with Gasteiger partial charge in [0.2, 0.25) is 0 Å². The van der Waals surface area contributed by atoms with E-state index in [0.29, 0.717) is 12.3 Å². The van der Waals surface area contributed by atoms with Crippen LogP contribution in [-0.4, -0.2) is 65.4 Å². The number of carbonyl (C=O) groups is 2.